The number of anilines is 9. The van der Waals surface area contributed by atoms with Gasteiger partial charge in [-0.05, 0) is 129 Å². The summed E-state index contributed by atoms with van der Waals surface area (Å²) in [6.07, 6.45) is 0. The molecule has 330 valence electrons. The molecular formula is C66H46N4. The molecule has 13 rings (SSSR count). The van der Waals surface area contributed by atoms with E-state index in [0.29, 0.717) is 0 Å². The van der Waals surface area contributed by atoms with Crippen molar-refractivity contribution in [2.24, 2.45) is 0 Å². The van der Waals surface area contributed by atoms with E-state index in [4.69, 9.17) is 0 Å². The maximum Gasteiger partial charge on any atom is 0.148 e. The SMILES string of the molecule is c1ccc(-c2ccc(-c3ccc(N(c4ccc(-c5cccc6ccccc56)cc4)c4cccc5c4c4c(n5-c5ccccc5)N(c5ccccc5)c5ccccc5N4c4ccccc4)cc3)cc2)cc1. The first-order valence-electron chi connectivity index (χ1n) is 23.9. The van der Waals surface area contributed by atoms with Crippen LogP contribution in [0.4, 0.5) is 51.3 Å². The lowest BCUT2D eigenvalue weighted by atomic mass is 9.98. The van der Waals surface area contributed by atoms with E-state index in [-0.39, 0.29) is 0 Å². The topological polar surface area (TPSA) is 14.7 Å². The van der Waals surface area contributed by atoms with E-state index in [1.54, 1.807) is 0 Å². The third kappa shape index (κ3) is 7.01. The number of hydrogen-bond donors (Lipinski definition) is 0. The predicted octanol–water partition coefficient (Wildman–Crippen LogP) is 18.5. The Balaban J connectivity index is 1.06. The monoisotopic (exact) mass is 894 g/mol. The number of aromatic nitrogens is 1. The molecule has 0 saturated heterocycles. The molecule has 11 aromatic carbocycles. The molecule has 0 spiro atoms. The predicted molar refractivity (Wildman–Crippen MR) is 295 cm³/mol. The van der Waals surface area contributed by atoms with E-state index < -0.39 is 0 Å². The van der Waals surface area contributed by atoms with Crippen LogP contribution >= 0.6 is 0 Å². The second kappa shape index (κ2) is 17.4. The number of fused-ring (bicyclic) bond motifs is 5. The second-order valence-electron chi connectivity index (χ2n) is 17.7. The van der Waals surface area contributed by atoms with Gasteiger partial charge in [0, 0.05) is 28.4 Å². The van der Waals surface area contributed by atoms with E-state index in [0.717, 1.165) is 73.5 Å². The van der Waals surface area contributed by atoms with Crippen molar-refractivity contribution in [3.05, 3.63) is 279 Å². The summed E-state index contributed by atoms with van der Waals surface area (Å²) in [7, 11) is 0. The van der Waals surface area contributed by atoms with Crippen LogP contribution < -0.4 is 14.7 Å². The smallest absolute Gasteiger partial charge is 0.148 e. The fourth-order valence-corrected chi connectivity index (χ4v) is 10.5. The Morgan fingerprint density at radius 1 is 0.300 bits per heavy atom. The highest BCUT2D eigenvalue weighted by Gasteiger charge is 2.38. The molecule has 70 heavy (non-hydrogen) atoms. The lowest BCUT2D eigenvalue weighted by Gasteiger charge is -2.40. The van der Waals surface area contributed by atoms with Gasteiger partial charge in [0.1, 0.15) is 5.82 Å². The number of para-hydroxylation sites is 5. The van der Waals surface area contributed by atoms with Gasteiger partial charge in [-0.1, -0.05) is 194 Å². The Bertz CT molecular complexity index is 3790. The molecule has 2 heterocycles. The standard InChI is InChI=1S/C66H46N4/c1-5-19-47(20-6-1)48-35-37-49(38-36-48)50-39-43-56(44-40-50)67(57-45-41-52(42-46-57)59-30-17-22-51-21-13-14-29-58(51)59)62-33-18-34-63-64(62)65-66(70(63)55-27-11-4-12-28-55)69(54-25-9-3-10-26-54)61-32-16-15-31-60(61)68(65)53-23-7-2-8-24-53/h1-46H. The molecule has 0 radical (unpaired) electrons. The average molecular weight is 895 g/mol. The van der Waals surface area contributed by atoms with Gasteiger partial charge in [0.15, 0.2) is 0 Å². The van der Waals surface area contributed by atoms with Crippen molar-refractivity contribution in [3.63, 3.8) is 0 Å². The summed E-state index contributed by atoms with van der Waals surface area (Å²) in [5, 5.41) is 3.60. The third-order valence-corrected chi connectivity index (χ3v) is 13.7. The number of rotatable bonds is 9. The summed E-state index contributed by atoms with van der Waals surface area (Å²) < 4.78 is 2.46. The average Bonchev–Trinajstić information content (AvgIpc) is 3.79. The molecule has 0 atom stereocenters. The van der Waals surface area contributed by atoms with Crippen LogP contribution in [0.15, 0.2) is 279 Å². The van der Waals surface area contributed by atoms with E-state index in [2.05, 4.69) is 298 Å². The molecule has 0 amide bonds. The van der Waals surface area contributed by atoms with Crippen molar-refractivity contribution in [1.29, 1.82) is 0 Å². The van der Waals surface area contributed by atoms with Crippen molar-refractivity contribution < 1.29 is 0 Å². The number of hydrogen-bond acceptors (Lipinski definition) is 3. The van der Waals surface area contributed by atoms with Crippen LogP contribution in [0, 0.1) is 0 Å². The quantitative estimate of drug-likeness (QED) is 0.143. The molecule has 4 heteroatoms. The van der Waals surface area contributed by atoms with Gasteiger partial charge < -0.3 is 9.80 Å². The summed E-state index contributed by atoms with van der Waals surface area (Å²) >= 11 is 0. The molecule has 0 N–H and O–H groups in total. The molecule has 0 saturated carbocycles. The Morgan fingerprint density at radius 2 is 0.743 bits per heavy atom. The van der Waals surface area contributed by atoms with Crippen LogP contribution in [0.25, 0.3) is 60.7 Å². The van der Waals surface area contributed by atoms with E-state index in [1.807, 2.05) is 0 Å². The van der Waals surface area contributed by atoms with Gasteiger partial charge in [-0.3, -0.25) is 9.47 Å². The van der Waals surface area contributed by atoms with Crippen molar-refractivity contribution in [2.75, 3.05) is 14.7 Å². The molecule has 1 aliphatic rings. The van der Waals surface area contributed by atoms with Crippen LogP contribution in [0.2, 0.25) is 0 Å². The first-order chi connectivity index (χ1) is 34.8. The van der Waals surface area contributed by atoms with E-state index in [1.165, 1.54) is 38.6 Å². The van der Waals surface area contributed by atoms with Gasteiger partial charge in [0.25, 0.3) is 0 Å². The van der Waals surface area contributed by atoms with Crippen LogP contribution in [0.5, 0.6) is 0 Å². The Labute approximate surface area is 408 Å². The zero-order chi connectivity index (χ0) is 46.4. The van der Waals surface area contributed by atoms with Crippen molar-refractivity contribution >= 4 is 73.0 Å². The van der Waals surface area contributed by atoms with Gasteiger partial charge in [0.05, 0.1) is 33.7 Å². The largest absolute Gasteiger partial charge is 0.310 e. The van der Waals surface area contributed by atoms with Gasteiger partial charge in [-0.2, -0.15) is 0 Å². The first-order valence-corrected chi connectivity index (χ1v) is 23.9. The third-order valence-electron chi connectivity index (χ3n) is 13.7. The highest BCUT2D eigenvalue weighted by molar-refractivity contribution is 6.18. The lowest BCUT2D eigenvalue weighted by molar-refractivity contribution is 1.05. The van der Waals surface area contributed by atoms with Gasteiger partial charge in [-0.15, -0.1) is 0 Å². The maximum atomic E-state index is 2.47. The Kier molecular flexibility index (Phi) is 10.1. The van der Waals surface area contributed by atoms with Gasteiger partial charge in [0.2, 0.25) is 0 Å². The fourth-order valence-electron chi connectivity index (χ4n) is 10.5. The van der Waals surface area contributed by atoms with Crippen LogP contribution in [0.3, 0.4) is 0 Å². The summed E-state index contributed by atoms with van der Waals surface area (Å²) in [5.74, 6) is 1.06. The molecule has 1 aromatic heterocycles. The molecular weight excluding hydrogens is 849 g/mol. The molecule has 1 aliphatic heterocycles. The maximum absolute atomic E-state index is 2.47. The number of nitrogens with zero attached hydrogens (tertiary/aromatic N) is 4. The molecule has 12 aromatic rings. The normalized spacial score (nSPS) is 11.9. The van der Waals surface area contributed by atoms with Gasteiger partial charge >= 0.3 is 0 Å². The molecule has 0 fully saturated rings. The first kappa shape index (κ1) is 40.9. The minimum Gasteiger partial charge on any atom is -0.310 e. The second-order valence-corrected chi connectivity index (χ2v) is 17.7. The summed E-state index contributed by atoms with van der Waals surface area (Å²) in [6.45, 7) is 0. The zero-order valence-corrected chi connectivity index (χ0v) is 38.3. The van der Waals surface area contributed by atoms with Gasteiger partial charge in [-0.25, -0.2) is 0 Å². The molecule has 0 bridgehead atoms. The zero-order valence-electron chi connectivity index (χ0n) is 38.3. The van der Waals surface area contributed by atoms with Crippen LogP contribution in [-0.2, 0) is 0 Å². The Hall–Kier alpha value is -9.38. The van der Waals surface area contributed by atoms with Crippen molar-refractivity contribution in [1.82, 2.24) is 4.57 Å². The van der Waals surface area contributed by atoms with E-state index in [9.17, 15) is 0 Å². The highest BCUT2D eigenvalue weighted by atomic mass is 15.3. The summed E-state index contributed by atoms with van der Waals surface area (Å²) in [4.78, 5) is 7.37. The highest BCUT2D eigenvalue weighted by Crippen LogP contribution is 2.60. The van der Waals surface area contributed by atoms with Crippen molar-refractivity contribution in [3.8, 4) is 39.1 Å². The van der Waals surface area contributed by atoms with E-state index >= 15 is 0 Å². The fraction of sp³-hybridized carbons (Fsp3) is 0. The molecule has 4 nitrogen and oxygen atoms in total. The van der Waals surface area contributed by atoms with Crippen LogP contribution in [0.1, 0.15) is 0 Å². The Morgan fingerprint density at radius 3 is 1.36 bits per heavy atom. The summed E-state index contributed by atoms with van der Waals surface area (Å²) in [6, 6.07) is 101. The lowest BCUT2D eigenvalue weighted by Crippen LogP contribution is -2.25. The van der Waals surface area contributed by atoms with Crippen LogP contribution in [-0.4, -0.2) is 4.57 Å². The van der Waals surface area contributed by atoms with Crippen molar-refractivity contribution in [2.45, 2.75) is 0 Å². The minimum atomic E-state index is 1.05. The number of benzene rings is 11. The minimum absolute atomic E-state index is 1.05. The molecule has 0 aliphatic carbocycles. The molecule has 0 unspecified atom stereocenters. The summed E-state index contributed by atoms with van der Waals surface area (Å²) in [5.41, 5.74) is 17.9.